The van der Waals surface area contributed by atoms with Gasteiger partial charge in [0, 0.05) is 22.1 Å². The van der Waals surface area contributed by atoms with Crippen LogP contribution in [-0.2, 0) is 0 Å². The van der Waals surface area contributed by atoms with E-state index in [1.807, 2.05) is 36.7 Å². The van der Waals surface area contributed by atoms with Crippen molar-refractivity contribution in [2.24, 2.45) is 0 Å². The van der Waals surface area contributed by atoms with E-state index in [1.165, 1.54) is 0 Å². The lowest BCUT2D eigenvalue weighted by atomic mass is 10.5. The molecule has 5 heteroatoms. The van der Waals surface area contributed by atoms with Crippen LogP contribution < -0.4 is 5.43 Å². The molecule has 1 N–H and O–H groups in total. The van der Waals surface area contributed by atoms with E-state index in [4.69, 9.17) is 11.6 Å². The normalized spacial score (nSPS) is 10.5. The first-order chi connectivity index (χ1) is 7.58. The Hall–Kier alpha value is -1.000. The molecular formula is C11H11BrClN3. The average Bonchev–Trinajstić information content (AvgIpc) is 2.53. The number of rotatable bonds is 2. The lowest BCUT2D eigenvalue weighted by molar-refractivity contribution is 0.871. The molecule has 0 radical (unpaired) electrons. The summed E-state index contributed by atoms with van der Waals surface area (Å²) in [5, 5.41) is 0.585. The molecule has 2 rings (SSSR count). The van der Waals surface area contributed by atoms with Crippen molar-refractivity contribution in [3.8, 4) is 0 Å². The topological polar surface area (TPSA) is 29.9 Å². The molecule has 0 saturated heterocycles. The Bertz CT molecular complexity index is 502. The van der Waals surface area contributed by atoms with Gasteiger partial charge in [-0.2, -0.15) is 0 Å². The Balaban J connectivity index is 2.34. The SMILES string of the molecule is Cc1ccc(C)n1Nc1ncc(Br)cc1Cl. The van der Waals surface area contributed by atoms with E-state index in [9.17, 15) is 0 Å². The molecule has 0 atom stereocenters. The highest BCUT2D eigenvalue weighted by atomic mass is 79.9. The third kappa shape index (κ3) is 2.23. The summed E-state index contributed by atoms with van der Waals surface area (Å²) in [5.74, 6) is 0.646. The van der Waals surface area contributed by atoms with Gasteiger partial charge in [0.1, 0.15) is 0 Å². The molecule has 2 aromatic heterocycles. The van der Waals surface area contributed by atoms with Crippen molar-refractivity contribution in [2.75, 3.05) is 5.43 Å². The molecule has 0 aromatic carbocycles. The smallest absolute Gasteiger partial charge is 0.163 e. The lowest BCUT2D eigenvalue weighted by Gasteiger charge is -2.12. The zero-order valence-electron chi connectivity index (χ0n) is 8.96. The first-order valence-electron chi connectivity index (χ1n) is 4.81. The third-order valence-corrected chi connectivity index (χ3v) is 3.02. The lowest BCUT2D eigenvalue weighted by Crippen LogP contribution is -2.13. The van der Waals surface area contributed by atoms with E-state index < -0.39 is 0 Å². The first-order valence-corrected chi connectivity index (χ1v) is 5.98. The molecule has 0 aliphatic carbocycles. The van der Waals surface area contributed by atoms with Gasteiger partial charge in [-0.25, -0.2) is 4.98 Å². The summed E-state index contributed by atoms with van der Waals surface area (Å²) in [5.41, 5.74) is 5.39. The maximum atomic E-state index is 6.08. The van der Waals surface area contributed by atoms with E-state index in [0.29, 0.717) is 10.8 Å². The van der Waals surface area contributed by atoms with Crippen molar-refractivity contribution < 1.29 is 0 Å². The van der Waals surface area contributed by atoms with Gasteiger partial charge in [-0.1, -0.05) is 11.6 Å². The minimum atomic E-state index is 0.585. The standard InChI is InChI=1S/C11H11BrClN3/c1-7-3-4-8(2)16(7)15-11-10(13)5-9(12)6-14-11/h3-6H,1-2H3,(H,14,15). The molecule has 0 aliphatic rings. The second-order valence-electron chi connectivity index (χ2n) is 3.55. The second-order valence-corrected chi connectivity index (χ2v) is 4.87. The highest BCUT2D eigenvalue weighted by Crippen LogP contribution is 2.23. The van der Waals surface area contributed by atoms with Crippen molar-refractivity contribution in [2.45, 2.75) is 13.8 Å². The monoisotopic (exact) mass is 299 g/mol. The number of nitrogens with zero attached hydrogens (tertiary/aromatic N) is 2. The largest absolute Gasteiger partial charge is 0.276 e. The molecule has 16 heavy (non-hydrogen) atoms. The summed E-state index contributed by atoms with van der Waals surface area (Å²) in [4.78, 5) is 4.22. The van der Waals surface area contributed by atoms with E-state index >= 15 is 0 Å². The summed E-state index contributed by atoms with van der Waals surface area (Å²) < 4.78 is 2.81. The molecule has 84 valence electrons. The highest BCUT2D eigenvalue weighted by molar-refractivity contribution is 9.10. The van der Waals surface area contributed by atoms with Crippen LogP contribution in [0.15, 0.2) is 28.9 Å². The number of hydrogen-bond donors (Lipinski definition) is 1. The van der Waals surface area contributed by atoms with Gasteiger partial charge < -0.3 is 0 Å². The van der Waals surface area contributed by atoms with Gasteiger partial charge in [0.2, 0.25) is 0 Å². The number of aromatic nitrogens is 2. The summed E-state index contributed by atoms with van der Waals surface area (Å²) in [6, 6.07) is 5.88. The Labute approximate surface area is 108 Å². The van der Waals surface area contributed by atoms with Crippen molar-refractivity contribution >= 4 is 33.3 Å². The molecule has 2 aromatic rings. The highest BCUT2D eigenvalue weighted by Gasteiger charge is 2.05. The fraction of sp³-hybridized carbons (Fsp3) is 0.182. The Kier molecular flexibility index (Phi) is 3.21. The summed E-state index contributed by atoms with van der Waals surface area (Å²) in [7, 11) is 0. The quantitative estimate of drug-likeness (QED) is 0.914. The van der Waals surface area contributed by atoms with Crippen LogP contribution >= 0.6 is 27.5 Å². The molecule has 0 unspecified atom stereocenters. The number of hydrogen-bond acceptors (Lipinski definition) is 2. The predicted molar refractivity (Wildman–Crippen MR) is 69.9 cm³/mol. The molecule has 0 spiro atoms. The van der Waals surface area contributed by atoms with Crippen LogP contribution in [0.25, 0.3) is 0 Å². The summed E-state index contributed by atoms with van der Waals surface area (Å²) >= 11 is 9.40. The van der Waals surface area contributed by atoms with Crippen molar-refractivity contribution in [1.29, 1.82) is 0 Å². The fourth-order valence-electron chi connectivity index (χ4n) is 1.45. The number of pyridine rings is 1. The van der Waals surface area contributed by atoms with E-state index in [2.05, 4.69) is 26.3 Å². The van der Waals surface area contributed by atoms with Crippen LogP contribution in [0.5, 0.6) is 0 Å². The average molecular weight is 301 g/mol. The molecule has 3 nitrogen and oxygen atoms in total. The minimum absolute atomic E-state index is 0.585. The van der Waals surface area contributed by atoms with Gasteiger partial charge in [0.25, 0.3) is 0 Å². The van der Waals surface area contributed by atoms with Crippen LogP contribution in [0, 0.1) is 13.8 Å². The maximum absolute atomic E-state index is 6.08. The minimum Gasteiger partial charge on any atom is -0.276 e. The third-order valence-electron chi connectivity index (χ3n) is 2.30. The number of halogens is 2. The Morgan fingerprint density at radius 1 is 1.31 bits per heavy atom. The van der Waals surface area contributed by atoms with Gasteiger partial charge in [-0.3, -0.25) is 10.1 Å². The van der Waals surface area contributed by atoms with Crippen molar-refractivity contribution in [3.05, 3.63) is 45.3 Å². The van der Waals surface area contributed by atoms with Gasteiger partial charge in [0.05, 0.1) is 5.02 Å². The molecule has 0 amide bonds. The van der Waals surface area contributed by atoms with Crippen LogP contribution in [0.1, 0.15) is 11.4 Å². The van der Waals surface area contributed by atoms with Crippen LogP contribution in [-0.4, -0.2) is 9.66 Å². The van der Waals surface area contributed by atoms with Gasteiger partial charge in [-0.05, 0) is 48.0 Å². The van der Waals surface area contributed by atoms with Crippen LogP contribution in [0.2, 0.25) is 5.02 Å². The zero-order chi connectivity index (χ0) is 11.7. The Morgan fingerprint density at radius 3 is 2.50 bits per heavy atom. The first kappa shape index (κ1) is 11.5. The van der Waals surface area contributed by atoms with Gasteiger partial charge >= 0.3 is 0 Å². The van der Waals surface area contributed by atoms with Crippen molar-refractivity contribution in [3.63, 3.8) is 0 Å². The number of aryl methyl sites for hydroxylation is 2. The zero-order valence-corrected chi connectivity index (χ0v) is 11.3. The van der Waals surface area contributed by atoms with E-state index in [0.717, 1.165) is 15.9 Å². The second kappa shape index (κ2) is 4.47. The number of nitrogens with one attached hydrogen (secondary N) is 1. The Morgan fingerprint density at radius 2 is 1.94 bits per heavy atom. The fourth-order valence-corrected chi connectivity index (χ4v) is 2.12. The number of anilines is 1. The summed E-state index contributed by atoms with van der Waals surface area (Å²) in [6.07, 6.45) is 1.71. The predicted octanol–water partition coefficient (Wildman–Crippen LogP) is 3.79. The molecule has 0 fully saturated rings. The van der Waals surface area contributed by atoms with E-state index in [1.54, 1.807) is 6.20 Å². The molecule has 0 aliphatic heterocycles. The molecule has 0 bridgehead atoms. The van der Waals surface area contributed by atoms with E-state index in [-0.39, 0.29) is 0 Å². The maximum Gasteiger partial charge on any atom is 0.163 e. The molecular weight excluding hydrogens is 289 g/mol. The van der Waals surface area contributed by atoms with Crippen LogP contribution in [0.3, 0.4) is 0 Å². The van der Waals surface area contributed by atoms with Crippen molar-refractivity contribution in [1.82, 2.24) is 9.66 Å². The van der Waals surface area contributed by atoms with Crippen LogP contribution in [0.4, 0.5) is 5.82 Å². The molecule has 0 saturated carbocycles. The van der Waals surface area contributed by atoms with Gasteiger partial charge in [0.15, 0.2) is 5.82 Å². The summed E-state index contributed by atoms with van der Waals surface area (Å²) in [6.45, 7) is 4.04. The molecule has 2 heterocycles. The van der Waals surface area contributed by atoms with Gasteiger partial charge in [-0.15, -0.1) is 0 Å².